The maximum absolute atomic E-state index is 4.57. The Hall–Kier alpha value is -2.82. The highest BCUT2D eigenvalue weighted by molar-refractivity contribution is 5.96. The topological polar surface area (TPSA) is 52.6 Å². The normalized spacial score (nSPS) is 22.1. The Morgan fingerprint density at radius 3 is 2.92 bits per heavy atom. The number of rotatable bonds is 2. The molecule has 5 rings (SSSR count). The molecule has 4 heterocycles. The van der Waals surface area contributed by atoms with Gasteiger partial charge in [-0.05, 0) is 54.7 Å². The smallest absolute Gasteiger partial charge is 0.140 e. The Morgan fingerprint density at radius 2 is 2.00 bits per heavy atom. The summed E-state index contributed by atoms with van der Waals surface area (Å²) in [5.41, 5.74) is 8.96. The summed E-state index contributed by atoms with van der Waals surface area (Å²) in [5, 5.41) is 8.73. The Bertz CT molecular complexity index is 905. The maximum atomic E-state index is 4.57. The van der Waals surface area contributed by atoms with E-state index in [1.54, 1.807) is 0 Å². The maximum Gasteiger partial charge on any atom is 0.140 e. The largest absolute Gasteiger partial charge is 0.371 e. The first kappa shape index (κ1) is 14.5. The molecule has 1 fully saturated rings. The molecule has 3 aliphatic heterocycles. The molecule has 5 nitrogen and oxygen atoms in total. The van der Waals surface area contributed by atoms with Crippen molar-refractivity contribution in [2.45, 2.75) is 25.4 Å². The number of dihydropyridines is 1. The van der Waals surface area contributed by atoms with Crippen molar-refractivity contribution in [3.63, 3.8) is 0 Å². The van der Waals surface area contributed by atoms with Gasteiger partial charge in [-0.15, -0.1) is 0 Å². The van der Waals surface area contributed by atoms with Crippen LogP contribution in [-0.4, -0.2) is 30.5 Å². The third-order valence-corrected chi connectivity index (χ3v) is 5.23. The average Bonchev–Trinajstić information content (AvgIpc) is 3.15. The second kappa shape index (κ2) is 5.92. The summed E-state index contributed by atoms with van der Waals surface area (Å²) in [6.45, 7) is 2.28. The van der Waals surface area contributed by atoms with Crippen LogP contribution in [0.15, 0.2) is 53.4 Å². The predicted molar refractivity (Wildman–Crippen MR) is 102 cm³/mol. The molecule has 1 atom stereocenters. The van der Waals surface area contributed by atoms with Crippen LogP contribution in [0.3, 0.4) is 0 Å². The van der Waals surface area contributed by atoms with E-state index >= 15 is 0 Å². The molecule has 0 aliphatic carbocycles. The fourth-order valence-corrected chi connectivity index (χ4v) is 3.87. The Morgan fingerprint density at radius 1 is 1.08 bits per heavy atom. The minimum Gasteiger partial charge on any atom is -0.371 e. The minimum atomic E-state index is 0.106. The van der Waals surface area contributed by atoms with Crippen LogP contribution in [0, 0.1) is 0 Å². The fourth-order valence-electron chi connectivity index (χ4n) is 3.87. The summed E-state index contributed by atoms with van der Waals surface area (Å²) >= 11 is 0. The molecule has 0 spiro atoms. The first-order valence-electron chi connectivity index (χ1n) is 8.99. The highest BCUT2D eigenvalue weighted by Gasteiger charge is 2.20. The van der Waals surface area contributed by atoms with E-state index < -0.39 is 0 Å². The summed E-state index contributed by atoms with van der Waals surface area (Å²) < 4.78 is 0. The molecular weight excluding hydrogens is 310 g/mol. The van der Waals surface area contributed by atoms with Crippen LogP contribution in [-0.2, 0) is 0 Å². The second-order valence-electron chi connectivity index (χ2n) is 6.84. The van der Waals surface area contributed by atoms with E-state index in [4.69, 9.17) is 0 Å². The number of pyridine rings is 1. The lowest BCUT2D eigenvalue weighted by Crippen LogP contribution is -2.36. The van der Waals surface area contributed by atoms with Crippen LogP contribution >= 0.6 is 0 Å². The molecule has 1 aromatic carbocycles. The molecule has 1 unspecified atom stereocenters. The zero-order valence-electron chi connectivity index (χ0n) is 14.1. The number of benzene rings is 1. The third kappa shape index (κ3) is 2.56. The molecule has 126 valence electrons. The zero-order chi connectivity index (χ0) is 16.6. The van der Waals surface area contributed by atoms with Gasteiger partial charge in [-0.1, -0.05) is 6.07 Å². The first-order chi connectivity index (χ1) is 12.4. The molecule has 1 saturated heterocycles. The van der Waals surface area contributed by atoms with Gasteiger partial charge in [-0.3, -0.25) is 10.4 Å². The van der Waals surface area contributed by atoms with E-state index in [-0.39, 0.29) is 6.17 Å². The number of hydrogen-bond acceptors (Lipinski definition) is 5. The van der Waals surface area contributed by atoms with Crippen molar-refractivity contribution in [1.82, 2.24) is 15.7 Å². The number of fused-ring (bicyclic) bond motifs is 2. The monoisotopic (exact) mass is 331 g/mol. The van der Waals surface area contributed by atoms with Gasteiger partial charge in [0.2, 0.25) is 0 Å². The summed E-state index contributed by atoms with van der Waals surface area (Å²) in [7, 11) is 0. The molecule has 2 aromatic rings. The number of hydrogen-bond donors (Lipinski definition) is 2. The van der Waals surface area contributed by atoms with Crippen molar-refractivity contribution in [3.8, 4) is 0 Å². The summed E-state index contributed by atoms with van der Waals surface area (Å²) in [4.78, 5) is 7.07. The lowest BCUT2D eigenvalue weighted by Gasteiger charge is -2.29. The van der Waals surface area contributed by atoms with Gasteiger partial charge in [0.1, 0.15) is 6.17 Å². The van der Waals surface area contributed by atoms with E-state index in [1.165, 1.54) is 47.0 Å². The van der Waals surface area contributed by atoms with Crippen molar-refractivity contribution in [2.24, 2.45) is 5.10 Å². The number of anilines is 1. The summed E-state index contributed by atoms with van der Waals surface area (Å²) in [6, 6.07) is 8.72. The molecule has 0 bridgehead atoms. The molecule has 0 saturated carbocycles. The van der Waals surface area contributed by atoms with Crippen molar-refractivity contribution < 1.29 is 0 Å². The Balaban J connectivity index is 1.57. The molecule has 0 radical (unpaired) electrons. The highest BCUT2D eigenvalue weighted by Crippen LogP contribution is 2.31. The summed E-state index contributed by atoms with van der Waals surface area (Å²) in [5.74, 6) is 0. The van der Waals surface area contributed by atoms with Gasteiger partial charge in [-0.25, -0.2) is 0 Å². The average molecular weight is 331 g/mol. The number of allylic oxidation sites excluding steroid dienone is 2. The zero-order valence-corrected chi connectivity index (χ0v) is 14.1. The molecule has 3 aliphatic rings. The Labute approximate surface area is 147 Å². The molecule has 25 heavy (non-hydrogen) atoms. The van der Waals surface area contributed by atoms with E-state index in [0.29, 0.717) is 0 Å². The van der Waals surface area contributed by atoms with E-state index in [2.05, 4.69) is 62.3 Å². The van der Waals surface area contributed by atoms with Crippen LogP contribution < -0.4 is 15.6 Å². The molecule has 0 amide bonds. The van der Waals surface area contributed by atoms with Crippen LogP contribution in [0.1, 0.15) is 24.8 Å². The van der Waals surface area contributed by atoms with E-state index in [9.17, 15) is 0 Å². The fraction of sp³-hybridized carbons (Fsp3) is 0.300. The third-order valence-electron chi connectivity index (χ3n) is 5.23. The van der Waals surface area contributed by atoms with Crippen LogP contribution in [0.25, 0.3) is 16.5 Å². The number of nitrogens with zero attached hydrogens (tertiary/aromatic N) is 3. The number of aromatic nitrogens is 1. The van der Waals surface area contributed by atoms with Crippen LogP contribution in [0.4, 0.5) is 5.69 Å². The van der Waals surface area contributed by atoms with Crippen molar-refractivity contribution >= 4 is 28.4 Å². The lowest BCUT2D eigenvalue weighted by atomic mass is 9.98. The lowest BCUT2D eigenvalue weighted by molar-refractivity contribution is 0.579. The van der Waals surface area contributed by atoms with Gasteiger partial charge in [0, 0.05) is 42.1 Å². The van der Waals surface area contributed by atoms with Crippen LogP contribution in [0.5, 0.6) is 0 Å². The number of piperidine rings is 1. The molecule has 5 heteroatoms. The molecular formula is C20H21N5. The van der Waals surface area contributed by atoms with Gasteiger partial charge in [0.25, 0.3) is 0 Å². The van der Waals surface area contributed by atoms with E-state index in [0.717, 1.165) is 18.6 Å². The number of hydrazone groups is 1. The highest BCUT2D eigenvalue weighted by atomic mass is 15.4. The van der Waals surface area contributed by atoms with Gasteiger partial charge in [0.15, 0.2) is 0 Å². The minimum absolute atomic E-state index is 0.106. The quantitative estimate of drug-likeness (QED) is 0.888. The van der Waals surface area contributed by atoms with Gasteiger partial charge in [-0.2, -0.15) is 5.10 Å². The van der Waals surface area contributed by atoms with Crippen molar-refractivity contribution in [1.29, 1.82) is 0 Å². The van der Waals surface area contributed by atoms with Gasteiger partial charge >= 0.3 is 0 Å². The Kier molecular flexibility index (Phi) is 3.44. The van der Waals surface area contributed by atoms with Gasteiger partial charge in [0.05, 0.1) is 11.7 Å². The van der Waals surface area contributed by atoms with Crippen molar-refractivity contribution in [2.75, 3.05) is 18.0 Å². The number of nitrogens with one attached hydrogen (secondary N) is 2. The summed E-state index contributed by atoms with van der Waals surface area (Å²) in [6.07, 6.45) is 12.1. The van der Waals surface area contributed by atoms with E-state index in [1.807, 2.05) is 12.4 Å². The van der Waals surface area contributed by atoms with Gasteiger partial charge < -0.3 is 10.2 Å². The van der Waals surface area contributed by atoms with Crippen molar-refractivity contribution in [3.05, 3.63) is 53.9 Å². The standard InChI is InChI=1S/C20H21N5/c1-2-8-25(9-3-1)19-6-7-21-18-5-4-14(11-17(18)19)15-10-16-13-23-24-20(16)22-12-15/h4-7,10-13,20,22,24H,1-3,8-9H2. The SMILES string of the molecule is C1=NNC2NC=C(c3ccc4nccc(N5CCCCC5)c4c3)C=C12. The van der Waals surface area contributed by atoms with Crippen LogP contribution in [0.2, 0.25) is 0 Å². The first-order valence-corrected chi connectivity index (χ1v) is 8.99. The molecule has 1 aromatic heterocycles. The molecule has 2 N–H and O–H groups in total. The second-order valence-corrected chi connectivity index (χ2v) is 6.84. The predicted octanol–water partition coefficient (Wildman–Crippen LogP) is 3.01.